The standard InChI is InChI=1S/C27H27ClN2O2.ClH/c28-24-11-7-21(8-12-24)4-3-20-5-9-22(10-6-20)27(31)30-16-13-23-17-25(32-26(23)19-30)18-29-14-1-2-15-29;/h3-12,17H,1-2,13-16,18-19H2;1H. The lowest BCUT2D eigenvalue weighted by Crippen LogP contribution is -2.35. The van der Waals surface area contributed by atoms with Gasteiger partial charge in [-0.15, -0.1) is 12.4 Å². The number of amides is 1. The van der Waals surface area contributed by atoms with Crippen LogP contribution in [0.1, 0.15) is 51.4 Å². The Morgan fingerprint density at radius 1 is 0.939 bits per heavy atom. The van der Waals surface area contributed by atoms with Gasteiger partial charge in [-0.1, -0.05) is 48.0 Å². The number of benzene rings is 2. The van der Waals surface area contributed by atoms with E-state index < -0.39 is 0 Å². The molecular weight excluding hydrogens is 455 g/mol. The van der Waals surface area contributed by atoms with Gasteiger partial charge < -0.3 is 9.32 Å². The molecule has 0 atom stereocenters. The van der Waals surface area contributed by atoms with Gasteiger partial charge in [-0.3, -0.25) is 9.69 Å². The molecule has 3 heterocycles. The first-order valence-electron chi connectivity index (χ1n) is 11.3. The normalized spacial score (nSPS) is 16.1. The fraction of sp³-hybridized carbons (Fsp3) is 0.296. The van der Waals surface area contributed by atoms with Crippen LogP contribution in [0.4, 0.5) is 0 Å². The van der Waals surface area contributed by atoms with Gasteiger partial charge >= 0.3 is 0 Å². The second kappa shape index (κ2) is 10.6. The number of fused-ring (bicyclic) bond motifs is 1. The lowest BCUT2D eigenvalue weighted by atomic mass is 10.1. The highest BCUT2D eigenvalue weighted by molar-refractivity contribution is 6.30. The molecule has 172 valence electrons. The summed E-state index contributed by atoms with van der Waals surface area (Å²) in [5.74, 6) is 2.03. The van der Waals surface area contributed by atoms with Crippen molar-refractivity contribution in [3.05, 3.63) is 93.4 Å². The summed E-state index contributed by atoms with van der Waals surface area (Å²) in [5, 5.41) is 0.729. The minimum atomic E-state index is 0. The lowest BCUT2D eigenvalue weighted by molar-refractivity contribution is 0.0718. The molecule has 2 aliphatic rings. The van der Waals surface area contributed by atoms with Crippen molar-refractivity contribution in [3.63, 3.8) is 0 Å². The maximum atomic E-state index is 13.1. The van der Waals surface area contributed by atoms with Crippen molar-refractivity contribution in [2.75, 3.05) is 19.6 Å². The molecule has 33 heavy (non-hydrogen) atoms. The van der Waals surface area contributed by atoms with Crippen LogP contribution in [-0.4, -0.2) is 35.3 Å². The molecule has 0 bridgehead atoms. The largest absolute Gasteiger partial charge is 0.463 e. The first kappa shape index (κ1) is 23.6. The molecule has 0 spiro atoms. The Kier molecular flexibility index (Phi) is 7.59. The fourth-order valence-electron chi connectivity index (χ4n) is 4.48. The summed E-state index contributed by atoms with van der Waals surface area (Å²) in [5.41, 5.74) is 4.10. The first-order valence-corrected chi connectivity index (χ1v) is 11.7. The van der Waals surface area contributed by atoms with Crippen molar-refractivity contribution in [2.45, 2.75) is 32.4 Å². The van der Waals surface area contributed by atoms with Crippen LogP contribution < -0.4 is 0 Å². The van der Waals surface area contributed by atoms with Crippen LogP contribution >= 0.6 is 24.0 Å². The van der Waals surface area contributed by atoms with E-state index >= 15 is 0 Å². The summed E-state index contributed by atoms with van der Waals surface area (Å²) in [4.78, 5) is 17.4. The fourth-order valence-corrected chi connectivity index (χ4v) is 4.61. The topological polar surface area (TPSA) is 36.7 Å². The molecular formula is C27H28Cl2N2O2. The van der Waals surface area contributed by atoms with Gasteiger partial charge in [-0.25, -0.2) is 0 Å². The van der Waals surface area contributed by atoms with E-state index in [1.165, 1.54) is 18.4 Å². The smallest absolute Gasteiger partial charge is 0.254 e. The van der Waals surface area contributed by atoms with E-state index in [4.69, 9.17) is 16.0 Å². The number of hydrogen-bond acceptors (Lipinski definition) is 3. The highest BCUT2D eigenvalue weighted by atomic mass is 35.5. The van der Waals surface area contributed by atoms with Gasteiger partial charge in [0.1, 0.15) is 11.5 Å². The molecule has 0 saturated carbocycles. The average molecular weight is 483 g/mol. The number of nitrogens with zero attached hydrogens (tertiary/aromatic N) is 2. The third-order valence-corrected chi connectivity index (χ3v) is 6.55. The number of halogens is 2. The predicted octanol–water partition coefficient (Wildman–Crippen LogP) is 6.32. The highest BCUT2D eigenvalue weighted by Gasteiger charge is 2.25. The lowest BCUT2D eigenvalue weighted by Gasteiger charge is -2.26. The molecule has 0 N–H and O–H groups in total. The predicted molar refractivity (Wildman–Crippen MR) is 136 cm³/mol. The molecule has 4 nitrogen and oxygen atoms in total. The molecule has 5 rings (SSSR count). The summed E-state index contributed by atoms with van der Waals surface area (Å²) in [6, 6.07) is 17.7. The van der Waals surface area contributed by atoms with Crippen LogP contribution in [0.25, 0.3) is 12.2 Å². The van der Waals surface area contributed by atoms with Gasteiger partial charge in [-0.05, 0) is 79.4 Å². The SMILES string of the molecule is Cl.O=C(c1ccc(C=Cc2ccc(Cl)cc2)cc1)N1CCc2cc(CN3CCCC3)oc2C1. The van der Waals surface area contributed by atoms with Crippen molar-refractivity contribution < 1.29 is 9.21 Å². The zero-order valence-corrected chi connectivity index (χ0v) is 20.1. The van der Waals surface area contributed by atoms with Gasteiger partial charge in [0, 0.05) is 17.1 Å². The molecule has 0 aliphatic carbocycles. The third-order valence-electron chi connectivity index (χ3n) is 6.29. The molecule has 1 amide bonds. The Labute approximate surface area is 206 Å². The molecule has 6 heteroatoms. The minimum absolute atomic E-state index is 0. The monoisotopic (exact) mass is 482 g/mol. The second-order valence-electron chi connectivity index (χ2n) is 8.63. The Morgan fingerprint density at radius 2 is 1.58 bits per heavy atom. The second-order valence-corrected chi connectivity index (χ2v) is 9.06. The summed E-state index contributed by atoms with van der Waals surface area (Å²) in [6.07, 6.45) is 7.48. The third kappa shape index (κ3) is 5.70. The Bertz CT molecular complexity index is 1110. The summed E-state index contributed by atoms with van der Waals surface area (Å²) in [7, 11) is 0. The minimum Gasteiger partial charge on any atom is -0.463 e. The van der Waals surface area contributed by atoms with Gasteiger partial charge in [-0.2, -0.15) is 0 Å². The quantitative estimate of drug-likeness (QED) is 0.399. The molecule has 1 aromatic heterocycles. The molecule has 2 aliphatic heterocycles. The van der Waals surface area contributed by atoms with E-state index in [9.17, 15) is 4.79 Å². The number of carbonyl (C=O) groups excluding carboxylic acids is 1. The number of hydrogen-bond donors (Lipinski definition) is 0. The maximum Gasteiger partial charge on any atom is 0.254 e. The van der Waals surface area contributed by atoms with Gasteiger partial charge in [0.2, 0.25) is 0 Å². The first-order chi connectivity index (χ1) is 15.6. The van der Waals surface area contributed by atoms with E-state index in [0.29, 0.717) is 12.1 Å². The van der Waals surface area contributed by atoms with Crippen LogP contribution in [0.2, 0.25) is 5.02 Å². The van der Waals surface area contributed by atoms with Crippen LogP contribution in [0.15, 0.2) is 59.0 Å². The van der Waals surface area contributed by atoms with E-state index in [1.807, 2.05) is 65.6 Å². The number of likely N-dealkylation sites (tertiary alicyclic amines) is 1. The van der Waals surface area contributed by atoms with Crippen molar-refractivity contribution in [3.8, 4) is 0 Å². The Hall–Kier alpha value is -2.53. The summed E-state index contributed by atoms with van der Waals surface area (Å²) >= 11 is 5.94. The molecule has 0 unspecified atom stereocenters. The molecule has 3 aromatic rings. The maximum absolute atomic E-state index is 13.1. The summed E-state index contributed by atoms with van der Waals surface area (Å²) < 4.78 is 6.13. The van der Waals surface area contributed by atoms with Crippen LogP contribution in [0, 0.1) is 0 Å². The molecule has 2 aromatic carbocycles. The number of carbonyl (C=O) groups is 1. The van der Waals surface area contributed by atoms with Crippen molar-refractivity contribution in [1.29, 1.82) is 0 Å². The van der Waals surface area contributed by atoms with E-state index in [0.717, 1.165) is 60.3 Å². The number of rotatable bonds is 5. The van der Waals surface area contributed by atoms with Crippen molar-refractivity contribution >= 4 is 42.1 Å². The van der Waals surface area contributed by atoms with Gasteiger partial charge in [0.05, 0.1) is 13.1 Å². The average Bonchev–Trinajstić information content (AvgIpc) is 3.47. The van der Waals surface area contributed by atoms with E-state index in [-0.39, 0.29) is 18.3 Å². The van der Waals surface area contributed by atoms with Gasteiger partial charge in [0.15, 0.2) is 0 Å². The highest BCUT2D eigenvalue weighted by Crippen LogP contribution is 2.26. The van der Waals surface area contributed by atoms with Crippen LogP contribution in [-0.2, 0) is 19.5 Å². The van der Waals surface area contributed by atoms with Gasteiger partial charge in [0.25, 0.3) is 5.91 Å². The Morgan fingerprint density at radius 3 is 2.24 bits per heavy atom. The molecule has 1 saturated heterocycles. The summed E-state index contributed by atoms with van der Waals surface area (Å²) in [6.45, 7) is 4.47. The van der Waals surface area contributed by atoms with Crippen LogP contribution in [0.5, 0.6) is 0 Å². The molecule has 0 radical (unpaired) electrons. The number of furan rings is 1. The van der Waals surface area contributed by atoms with E-state index in [1.54, 1.807) is 0 Å². The zero-order chi connectivity index (χ0) is 21.9. The Balaban J connectivity index is 0.00000259. The van der Waals surface area contributed by atoms with Crippen LogP contribution in [0.3, 0.4) is 0 Å². The molecule has 1 fully saturated rings. The zero-order valence-electron chi connectivity index (χ0n) is 18.5. The van der Waals surface area contributed by atoms with E-state index in [2.05, 4.69) is 11.0 Å². The van der Waals surface area contributed by atoms with Crippen molar-refractivity contribution in [1.82, 2.24) is 9.80 Å². The van der Waals surface area contributed by atoms with Crippen molar-refractivity contribution in [2.24, 2.45) is 0 Å².